The highest BCUT2D eigenvalue weighted by molar-refractivity contribution is 6.84. The quantitative estimate of drug-likeness (QED) is 0.605. The molecular weight excluding hydrogens is 210 g/mol. The van der Waals surface area contributed by atoms with Crippen LogP contribution in [0.2, 0.25) is 18.1 Å². The lowest BCUT2D eigenvalue weighted by Gasteiger charge is -2.25. The fourth-order valence-corrected chi connectivity index (χ4v) is 6.28. The van der Waals surface area contributed by atoms with Crippen LogP contribution in [0.15, 0.2) is 11.8 Å². The molecule has 1 heterocycles. The van der Waals surface area contributed by atoms with Crippen LogP contribution in [-0.4, -0.2) is 32.6 Å². The molecule has 0 bridgehead atoms. The van der Waals surface area contributed by atoms with Crippen molar-refractivity contribution in [3.63, 3.8) is 0 Å². The molecule has 16 heavy (non-hydrogen) atoms. The predicted molar refractivity (Wildman–Crippen MR) is 76.6 cm³/mol. The molecule has 0 saturated carbocycles. The number of likely N-dealkylation sites (tertiary alicyclic amines) is 1. The van der Waals surface area contributed by atoms with E-state index >= 15 is 0 Å². The third-order valence-electron chi connectivity index (χ3n) is 4.19. The zero-order valence-corrected chi connectivity index (χ0v) is 12.5. The highest BCUT2D eigenvalue weighted by atomic mass is 28.3. The first-order chi connectivity index (χ1) is 7.76. The topological polar surface area (TPSA) is 3.24 Å². The van der Waals surface area contributed by atoms with E-state index in [1.165, 1.54) is 57.0 Å². The number of hydrogen-bond acceptors (Lipinski definition) is 1. The first kappa shape index (κ1) is 14.0. The van der Waals surface area contributed by atoms with Crippen molar-refractivity contribution >= 4 is 8.07 Å². The number of hydrogen-bond donors (Lipinski definition) is 0. The second-order valence-electron chi connectivity index (χ2n) is 5.23. The molecular formula is C14H29NSi. The molecule has 1 rings (SSSR count). The van der Waals surface area contributed by atoms with Crippen molar-refractivity contribution in [2.24, 2.45) is 0 Å². The van der Waals surface area contributed by atoms with Crippen LogP contribution in [-0.2, 0) is 0 Å². The van der Waals surface area contributed by atoms with Crippen LogP contribution in [0.5, 0.6) is 0 Å². The minimum absolute atomic E-state index is 1.02. The maximum absolute atomic E-state index is 2.65. The minimum Gasteiger partial charge on any atom is -0.300 e. The van der Waals surface area contributed by atoms with Gasteiger partial charge in [0.25, 0.3) is 0 Å². The highest BCUT2D eigenvalue weighted by Gasteiger charge is 2.24. The number of nitrogens with zero attached hydrogens (tertiary/aromatic N) is 1. The lowest BCUT2D eigenvalue weighted by atomic mass is 10.4. The van der Waals surface area contributed by atoms with Crippen molar-refractivity contribution in [1.29, 1.82) is 0 Å². The van der Waals surface area contributed by atoms with Crippen molar-refractivity contribution in [3.05, 3.63) is 11.8 Å². The molecule has 0 aromatic heterocycles. The molecule has 0 N–H and O–H groups in total. The Kier molecular flexibility index (Phi) is 6.36. The van der Waals surface area contributed by atoms with Gasteiger partial charge in [-0.15, -0.1) is 0 Å². The van der Waals surface area contributed by atoms with Crippen LogP contribution in [0.4, 0.5) is 0 Å². The zero-order chi connectivity index (χ0) is 11.9. The standard InChI is InChI=1S/C14H29NSi/c1-4-13-16(5-2,6-3)14-9-12-15-10-7-8-11-15/h9,14H,4-8,10-13H2,1-3H3. The smallest absolute Gasteiger partial charge is 0.0769 e. The average molecular weight is 239 g/mol. The van der Waals surface area contributed by atoms with Crippen LogP contribution in [0.1, 0.15) is 40.0 Å². The molecule has 1 nitrogen and oxygen atoms in total. The molecule has 0 aliphatic carbocycles. The average Bonchev–Trinajstić information content (AvgIpc) is 2.81. The van der Waals surface area contributed by atoms with Gasteiger partial charge in [0.1, 0.15) is 0 Å². The molecule has 1 aliphatic rings. The van der Waals surface area contributed by atoms with E-state index in [2.05, 4.69) is 37.4 Å². The van der Waals surface area contributed by atoms with Gasteiger partial charge in [-0.3, -0.25) is 4.90 Å². The summed E-state index contributed by atoms with van der Waals surface area (Å²) in [5.74, 6) is 0. The van der Waals surface area contributed by atoms with E-state index in [-0.39, 0.29) is 0 Å². The monoisotopic (exact) mass is 239 g/mol. The normalized spacial score (nSPS) is 18.7. The third kappa shape index (κ3) is 4.06. The molecule has 2 heteroatoms. The van der Waals surface area contributed by atoms with Gasteiger partial charge in [-0.05, 0) is 25.9 Å². The summed E-state index contributed by atoms with van der Waals surface area (Å²) in [6.07, 6.45) is 6.67. The highest BCUT2D eigenvalue weighted by Crippen LogP contribution is 2.23. The summed E-state index contributed by atoms with van der Waals surface area (Å²) in [6.45, 7) is 11.0. The molecule has 0 aromatic carbocycles. The summed E-state index contributed by atoms with van der Waals surface area (Å²) < 4.78 is 0. The predicted octanol–water partition coefficient (Wildman–Crippen LogP) is 4.08. The molecule has 94 valence electrons. The van der Waals surface area contributed by atoms with Crippen LogP contribution in [0.25, 0.3) is 0 Å². The van der Waals surface area contributed by atoms with E-state index in [9.17, 15) is 0 Å². The summed E-state index contributed by atoms with van der Waals surface area (Å²) >= 11 is 0. The van der Waals surface area contributed by atoms with Gasteiger partial charge in [-0.2, -0.15) is 0 Å². The Bertz CT molecular complexity index is 203. The van der Waals surface area contributed by atoms with Crippen molar-refractivity contribution in [2.45, 2.75) is 58.2 Å². The van der Waals surface area contributed by atoms with Crippen molar-refractivity contribution < 1.29 is 0 Å². The molecule has 0 atom stereocenters. The summed E-state index contributed by atoms with van der Waals surface area (Å²) in [5, 5.41) is 0. The Morgan fingerprint density at radius 3 is 2.19 bits per heavy atom. The molecule has 0 unspecified atom stereocenters. The lowest BCUT2D eigenvalue weighted by Crippen LogP contribution is -2.30. The van der Waals surface area contributed by atoms with E-state index in [1.807, 2.05) is 0 Å². The van der Waals surface area contributed by atoms with E-state index in [0.717, 1.165) is 0 Å². The van der Waals surface area contributed by atoms with Gasteiger partial charge in [0, 0.05) is 6.54 Å². The largest absolute Gasteiger partial charge is 0.300 e. The van der Waals surface area contributed by atoms with Crippen molar-refractivity contribution in [1.82, 2.24) is 4.90 Å². The Morgan fingerprint density at radius 2 is 1.69 bits per heavy atom. The second-order valence-corrected chi connectivity index (χ2v) is 10.2. The van der Waals surface area contributed by atoms with Gasteiger partial charge in [0.15, 0.2) is 0 Å². The lowest BCUT2D eigenvalue weighted by molar-refractivity contribution is 0.377. The van der Waals surface area contributed by atoms with Gasteiger partial charge in [-0.25, -0.2) is 0 Å². The van der Waals surface area contributed by atoms with Gasteiger partial charge in [0.05, 0.1) is 8.07 Å². The van der Waals surface area contributed by atoms with Gasteiger partial charge in [0.2, 0.25) is 0 Å². The Morgan fingerprint density at radius 1 is 1.06 bits per heavy atom. The Labute approximate surface area is 103 Å². The first-order valence-electron chi connectivity index (χ1n) is 7.16. The molecule has 1 aliphatic heterocycles. The minimum atomic E-state index is -1.02. The van der Waals surface area contributed by atoms with Crippen molar-refractivity contribution in [2.75, 3.05) is 19.6 Å². The van der Waals surface area contributed by atoms with Gasteiger partial charge < -0.3 is 0 Å². The van der Waals surface area contributed by atoms with Crippen LogP contribution >= 0.6 is 0 Å². The SMILES string of the molecule is CCC[Si](C=CCN1CCCC1)(CC)CC. The van der Waals surface area contributed by atoms with Crippen LogP contribution in [0, 0.1) is 0 Å². The van der Waals surface area contributed by atoms with E-state index in [0.29, 0.717) is 0 Å². The van der Waals surface area contributed by atoms with Gasteiger partial charge >= 0.3 is 0 Å². The van der Waals surface area contributed by atoms with Crippen molar-refractivity contribution in [3.8, 4) is 0 Å². The fourth-order valence-electron chi connectivity index (χ4n) is 2.84. The summed E-state index contributed by atoms with van der Waals surface area (Å²) in [5.41, 5.74) is 2.65. The fraction of sp³-hybridized carbons (Fsp3) is 0.857. The van der Waals surface area contributed by atoms with Crippen LogP contribution in [0.3, 0.4) is 0 Å². The van der Waals surface area contributed by atoms with E-state index in [4.69, 9.17) is 0 Å². The molecule has 0 aromatic rings. The molecule has 0 amide bonds. The maximum Gasteiger partial charge on any atom is 0.0769 e. The molecule has 0 radical (unpaired) electrons. The first-order valence-corrected chi connectivity index (χ1v) is 9.86. The molecule has 1 saturated heterocycles. The summed E-state index contributed by atoms with van der Waals surface area (Å²) in [7, 11) is -1.02. The third-order valence-corrected chi connectivity index (χ3v) is 9.44. The van der Waals surface area contributed by atoms with E-state index < -0.39 is 8.07 Å². The zero-order valence-electron chi connectivity index (χ0n) is 11.5. The Balaban J connectivity index is 2.42. The van der Waals surface area contributed by atoms with E-state index in [1.54, 1.807) is 0 Å². The Hall–Kier alpha value is -0.0831. The number of rotatable bonds is 7. The maximum atomic E-state index is 2.65. The van der Waals surface area contributed by atoms with Crippen LogP contribution < -0.4 is 0 Å². The molecule has 1 fully saturated rings. The second kappa shape index (κ2) is 7.28. The summed E-state index contributed by atoms with van der Waals surface area (Å²) in [6, 6.07) is 4.33. The molecule has 0 spiro atoms. The van der Waals surface area contributed by atoms with Gasteiger partial charge in [-0.1, -0.05) is 57.1 Å². The summed E-state index contributed by atoms with van der Waals surface area (Å²) in [4.78, 5) is 2.59.